The lowest BCUT2D eigenvalue weighted by Gasteiger charge is -2.13. The van der Waals surface area contributed by atoms with Crippen molar-refractivity contribution in [3.05, 3.63) is 30.3 Å². The molecule has 0 bridgehead atoms. The van der Waals surface area contributed by atoms with Crippen LogP contribution in [0.3, 0.4) is 0 Å². The molecule has 1 nitrogen and oxygen atoms in total. The molecule has 0 saturated carbocycles. The van der Waals surface area contributed by atoms with Crippen LogP contribution in [0.1, 0.15) is 39.5 Å². The molecule has 0 aromatic heterocycles. The zero-order valence-corrected chi connectivity index (χ0v) is 12.4. The van der Waals surface area contributed by atoms with Gasteiger partial charge in [-0.2, -0.15) is 0 Å². The van der Waals surface area contributed by atoms with Gasteiger partial charge in [0.2, 0.25) is 0 Å². The number of alkyl halides is 1. The second kappa shape index (κ2) is 8.57. The van der Waals surface area contributed by atoms with Gasteiger partial charge in [-0.3, -0.25) is 0 Å². The zero-order valence-electron chi connectivity index (χ0n) is 10.9. The van der Waals surface area contributed by atoms with Crippen LogP contribution >= 0.6 is 15.9 Å². The molecule has 1 aromatic rings. The fraction of sp³-hybridized carbons (Fsp3) is 0.600. The largest absolute Gasteiger partial charge is 0.494 e. The highest BCUT2D eigenvalue weighted by Gasteiger charge is 2.07. The van der Waals surface area contributed by atoms with Crippen molar-refractivity contribution in [1.82, 2.24) is 0 Å². The lowest BCUT2D eigenvalue weighted by atomic mass is 10.0. The van der Waals surface area contributed by atoms with E-state index in [1.54, 1.807) is 0 Å². The van der Waals surface area contributed by atoms with Crippen molar-refractivity contribution < 1.29 is 4.74 Å². The first-order chi connectivity index (χ1) is 8.20. The Labute approximate surface area is 114 Å². The Hall–Kier alpha value is -0.500. The molecular formula is C15H23BrO. The first kappa shape index (κ1) is 14.6. The van der Waals surface area contributed by atoms with Crippen molar-refractivity contribution in [2.45, 2.75) is 44.4 Å². The highest BCUT2D eigenvalue weighted by molar-refractivity contribution is 9.09. The van der Waals surface area contributed by atoms with Gasteiger partial charge in [-0.05, 0) is 30.9 Å². The molecule has 2 heteroatoms. The molecule has 96 valence electrons. The summed E-state index contributed by atoms with van der Waals surface area (Å²) in [7, 11) is 0. The van der Waals surface area contributed by atoms with Gasteiger partial charge in [0.15, 0.2) is 0 Å². The summed E-state index contributed by atoms with van der Waals surface area (Å²) in [5.41, 5.74) is 0. The maximum Gasteiger partial charge on any atom is 0.119 e. The van der Waals surface area contributed by atoms with Crippen molar-refractivity contribution in [2.24, 2.45) is 5.92 Å². The molecule has 0 aliphatic rings. The molecule has 0 radical (unpaired) electrons. The number of unbranched alkanes of at least 4 members (excludes halogenated alkanes) is 2. The quantitative estimate of drug-likeness (QED) is 0.482. The Balaban J connectivity index is 1.98. The van der Waals surface area contributed by atoms with Crippen LogP contribution in [0.4, 0.5) is 0 Å². The molecule has 0 spiro atoms. The second-order valence-electron chi connectivity index (χ2n) is 4.77. The van der Waals surface area contributed by atoms with Gasteiger partial charge in [0.1, 0.15) is 5.75 Å². The average molecular weight is 299 g/mol. The third-order valence-corrected chi connectivity index (χ3v) is 4.37. The molecular weight excluding hydrogens is 276 g/mol. The van der Waals surface area contributed by atoms with Gasteiger partial charge in [0.05, 0.1) is 6.61 Å². The molecule has 0 amide bonds. The zero-order chi connectivity index (χ0) is 12.5. The van der Waals surface area contributed by atoms with Crippen molar-refractivity contribution in [3.63, 3.8) is 0 Å². The van der Waals surface area contributed by atoms with Gasteiger partial charge in [-0.15, -0.1) is 0 Å². The lowest BCUT2D eigenvalue weighted by Crippen LogP contribution is -2.06. The summed E-state index contributed by atoms with van der Waals surface area (Å²) in [6, 6.07) is 10.0. The summed E-state index contributed by atoms with van der Waals surface area (Å²) in [6.07, 6.45) is 4.95. The van der Waals surface area contributed by atoms with E-state index in [1.165, 1.54) is 19.3 Å². The Morgan fingerprint density at radius 1 is 1.06 bits per heavy atom. The smallest absolute Gasteiger partial charge is 0.119 e. The predicted octanol–water partition coefficient (Wildman–Crippen LogP) is 5.05. The summed E-state index contributed by atoms with van der Waals surface area (Å²) in [6.45, 7) is 5.36. The van der Waals surface area contributed by atoms with Crippen molar-refractivity contribution in [2.75, 3.05) is 6.61 Å². The van der Waals surface area contributed by atoms with Crippen LogP contribution in [0.15, 0.2) is 30.3 Å². The van der Waals surface area contributed by atoms with Crippen LogP contribution < -0.4 is 4.74 Å². The number of hydrogen-bond donors (Lipinski definition) is 0. The van der Waals surface area contributed by atoms with E-state index >= 15 is 0 Å². The third-order valence-electron chi connectivity index (χ3n) is 2.86. The summed E-state index contributed by atoms with van der Waals surface area (Å²) in [5.74, 6) is 1.71. The molecule has 0 heterocycles. The van der Waals surface area contributed by atoms with Crippen LogP contribution in [0.2, 0.25) is 0 Å². The van der Waals surface area contributed by atoms with Crippen molar-refractivity contribution in [3.8, 4) is 5.75 Å². The molecule has 1 aromatic carbocycles. The van der Waals surface area contributed by atoms with E-state index < -0.39 is 0 Å². The Morgan fingerprint density at radius 2 is 1.76 bits per heavy atom. The van der Waals surface area contributed by atoms with Gasteiger partial charge in [0, 0.05) is 4.83 Å². The Bertz CT molecular complexity index is 284. The predicted molar refractivity (Wildman–Crippen MR) is 78.0 cm³/mol. The fourth-order valence-electron chi connectivity index (χ4n) is 1.66. The molecule has 1 rings (SSSR count). The first-order valence-corrected chi connectivity index (χ1v) is 7.43. The molecule has 0 aliphatic carbocycles. The standard InChI is InChI=1S/C15H23BrO/c1-13(2)15(16)11-7-4-8-12-17-14-9-5-3-6-10-14/h3,5-6,9-10,13,15H,4,7-8,11-12H2,1-2H3. The van der Waals surface area contributed by atoms with E-state index in [-0.39, 0.29) is 0 Å². The molecule has 0 N–H and O–H groups in total. The minimum Gasteiger partial charge on any atom is -0.494 e. The van der Waals surface area contributed by atoms with Gasteiger partial charge >= 0.3 is 0 Å². The van der Waals surface area contributed by atoms with Crippen LogP contribution in [0.5, 0.6) is 5.75 Å². The molecule has 1 unspecified atom stereocenters. The van der Waals surface area contributed by atoms with Gasteiger partial charge < -0.3 is 4.74 Å². The minimum atomic E-state index is 0.664. The van der Waals surface area contributed by atoms with E-state index in [0.717, 1.165) is 24.7 Å². The van der Waals surface area contributed by atoms with Crippen LogP contribution in [-0.4, -0.2) is 11.4 Å². The number of halogens is 1. The van der Waals surface area contributed by atoms with E-state index in [1.807, 2.05) is 30.3 Å². The van der Waals surface area contributed by atoms with E-state index in [9.17, 15) is 0 Å². The molecule has 17 heavy (non-hydrogen) atoms. The van der Waals surface area contributed by atoms with Gasteiger partial charge in [0.25, 0.3) is 0 Å². The summed E-state index contributed by atoms with van der Waals surface area (Å²) in [5, 5.41) is 0. The topological polar surface area (TPSA) is 9.23 Å². The number of para-hydroxylation sites is 1. The number of benzene rings is 1. The highest BCUT2D eigenvalue weighted by atomic mass is 79.9. The maximum absolute atomic E-state index is 5.65. The Kier molecular flexibility index (Phi) is 7.34. The Morgan fingerprint density at radius 3 is 2.41 bits per heavy atom. The maximum atomic E-state index is 5.65. The minimum absolute atomic E-state index is 0.664. The fourth-order valence-corrected chi connectivity index (χ4v) is 1.98. The number of rotatable bonds is 8. The van der Waals surface area contributed by atoms with E-state index in [2.05, 4.69) is 29.8 Å². The van der Waals surface area contributed by atoms with Gasteiger partial charge in [-0.1, -0.05) is 60.8 Å². The molecule has 0 fully saturated rings. The molecule has 1 atom stereocenters. The monoisotopic (exact) mass is 298 g/mol. The normalized spacial score (nSPS) is 12.7. The number of hydrogen-bond acceptors (Lipinski definition) is 1. The summed E-state index contributed by atoms with van der Waals surface area (Å²) < 4.78 is 5.65. The van der Waals surface area contributed by atoms with E-state index in [0.29, 0.717) is 4.83 Å². The average Bonchev–Trinajstić information content (AvgIpc) is 2.34. The first-order valence-electron chi connectivity index (χ1n) is 6.52. The van der Waals surface area contributed by atoms with Crippen molar-refractivity contribution >= 4 is 15.9 Å². The van der Waals surface area contributed by atoms with Crippen molar-refractivity contribution in [1.29, 1.82) is 0 Å². The SMILES string of the molecule is CC(C)C(Br)CCCCCOc1ccccc1. The highest BCUT2D eigenvalue weighted by Crippen LogP contribution is 2.19. The van der Waals surface area contributed by atoms with Crippen LogP contribution in [0, 0.1) is 5.92 Å². The number of ether oxygens (including phenoxy) is 1. The second-order valence-corrected chi connectivity index (χ2v) is 5.95. The van der Waals surface area contributed by atoms with Crippen LogP contribution in [0.25, 0.3) is 0 Å². The third kappa shape index (κ3) is 6.72. The van der Waals surface area contributed by atoms with Crippen LogP contribution in [-0.2, 0) is 0 Å². The van der Waals surface area contributed by atoms with E-state index in [4.69, 9.17) is 4.74 Å². The summed E-state index contributed by atoms with van der Waals surface area (Å²) in [4.78, 5) is 0.664. The van der Waals surface area contributed by atoms with Gasteiger partial charge in [-0.25, -0.2) is 0 Å². The molecule has 0 saturated heterocycles. The molecule has 0 aliphatic heterocycles. The summed E-state index contributed by atoms with van der Waals surface area (Å²) >= 11 is 3.72. The lowest BCUT2D eigenvalue weighted by molar-refractivity contribution is 0.304.